The van der Waals surface area contributed by atoms with Gasteiger partial charge in [0.2, 0.25) is 0 Å². The maximum absolute atomic E-state index is 11.5. The van der Waals surface area contributed by atoms with Crippen LogP contribution in [-0.4, -0.2) is 32.8 Å². The molecule has 0 bridgehead atoms. The van der Waals surface area contributed by atoms with Gasteiger partial charge in [-0.05, 0) is 18.4 Å². The molecular formula is C18H26O5. The van der Waals surface area contributed by atoms with Crippen molar-refractivity contribution in [3.8, 4) is 0 Å². The molecule has 0 saturated heterocycles. The number of hydrogen-bond acceptors (Lipinski definition) is 5. The standard InChI is InChI=1S/C18H26O5/c1-21-17(19)16(18(20)22-2)12-8-3-4-9-13-23-14-15-10-6-5-7-11-15/h5-7,10-11,16H,3-4,8-9,12-14H2,1-2H3. The zero-order chi connectivity index (χ0) is 16.9. The molecule has 1 aromatic carbocycles. The predicted molar refractivity (Wildman–Crippen MR) is 86.7 cm³/mol. The Labute approximate surface area is 137 Å². The molecular weight excluding hydrogens is 296 g/mol. The summed E-state index contributed by atoms with van der Waals surface area (Å²) in [6.45, 7) is 1.35. The minimum atomic E-state index is -0.806. The van der Waals surface area contributed by atoms with E-state index >= 15 is 0 Å². The number of unbranched alkanes of at least 4 members (excludes halogenated alkanes) is 3. The number of methoxy groups -OCH3 is 2. The maximum atomic E-state index is 11.5. The molecule has 0 heterocycles. The van der Waals surface area contributed by atoms with Crippen molar-refractivity contribution in [1.29, 1.82) is 0 Å². The van der Waals surface area contributed by atoms with Crippen molar-refractivity contribution in [3.05, 3.63) is 35.9 Å². The summed E-state index contributed by atoms with van der Waals surface area (Å²) in [4.78, 5) is 23.0. The molecule has 0 radical (unpaired) electrons. The van der Waals surface area contributed by atoms with Gasteiger partial charge in [0.15, 0.2) is 5.92 Å². The summed E-state index contributed by atoms with van der Waals surface area (Å²) in [7, 11) is 2.56. The van der Waals surface area contributed by atoms with E-state index in [1.165, 1.54) is 19.8 Å². The molecule has 0 aliphatic carbocycles. The molecule has 5 nitrogen and oxygen atoms in total. The first-order chi connectivity index (χ1) is 11.2. The Morgan fingerprint density at radius 3 is 2.13 bits per heavy atom. The molecule has 0 aromatic heterocycles. The van der Waals surface area contributed by atoms with Gasteiger partial charge in [0.05, 0.1) is 20.8 Å². The zero-order valence-electron chi connectivity index (χ0n) is 14.0. The van der Waals surface area contributed by atoms with Gasteiger partial charge in [-0.1, -0.05) is 49.6 Å². The third kappa shape index (κ3) is 7.79. The Bertz CT molecular complexity index is 442. The van der Waals surface area contributed by atoms with Gasteiger partial charge in [0.25, 0.3) is 0 Å². The first-order valence-electron chi connectivity index (χ1n) is 7.96. The first-order valence-corrected chi connectivity index (χ1v) is 7.96. The lowest BCUT2D eigenvalue weighted by Gasteiger charge is -2.12. The van der Waals surface area contributed by atoms with Crippen molar-refractivity contribution in [2.24, 2.45) is 5.92 Å². The van der Waals surface area contributed by atoms with Crippen LogP contribution in [0.2, 0.25) is 0 Å². The van der Waals surface area contributed by atoms with E-state index in [-0.39, 0.29) is 0 Å². The topological polar surface area (TPSA) is 61.8 Å². The number of hydrogen-bond donors (Lipinski definition) is 0. The van der Waals surface area contributed by atoms with Crippen LogP contribution in [0.1, 0.15) is 37.7 Å². The molecule has 0 aliphatic rings. The summed E-state index contributed by atoms with van der Waals surface area (Å²) in [5, 5.41) is 0. The van der Waals surface area contributed by atoms with Crippen molar-refractivity contribution in [2.75, 3.05) is 20.8 Å². The minimum absolute atomic E-state index is 0.463. The highest BCUT2D eigenvalue weighted by Gasteiger charge is 2.27. The fraction of sp³-hybridized carbons (Fsp3) is 0.556. The van der Waals surface area contributed by atoms with Crippen molar-refractivity contribution < 1.29 is 23.8 Å². The van der Waals surface area contributed by atoms with E-state index in [1.54, 1.807) is 0 Å². The summed E-state index contributed by atoms with van der Waals surface area (Å²) in [5.41, 5.74) is 1.17. The number of carbonyl (C=O) groups excluding carboxylic acids is 2. The third-order valence-corrected chi connectivity index (χ3v) is 3.61. The lowest BCUT2D eigenvalue weighted by atomic mass is 10.0. The van der Waals surface area contributed by atoms with Crippen LogP contribution in [0.15, 0.2) is 30.3 Å². The van der Waals surface area contributed by atoms with Crippen molar-refractivity contribution in [1.82, 2.24) is 0 Å². The van der Waals surface area contributed by atoms with Gasteiger partial charge in [0, 0.05) is 6.61 Å². The largest absolute Gasteiger partial charge is 0.468 e. The number of benzene rings is 1. The highest BCUT2D eigenvalue weighted by atomic mass is 16.5. The Hall–Kier alpha value is -1.88. The fourth-order valence-corrected chi connectivity index (χ4v) is 2.29. The van der Waals surface area contributed by atoms with Gasteiger partial charge < -0.3 is 14.2 Å². The summed E-state index contributed by atoms with van der Waals surface area (Å²) in [5.74, 6) is -1.86. The van der Waals surface area contributed by atoms with Gasteiger partial charge >= 0.3 is 11.9 Å². The molecule has 128 valence electrons. The first kappa shape index (κ1) is 19.2. The highest BCUT2D eigenvalue weighted by molar-refractivity contribution is 5.94. The van der Waals surface area contributed by atoms with Crippen molar-refractivity contribution >= 4 is 11.9 Å². The maximum Gasteiger partial charge on any atom is 0.320 e. The van der Waals surface area contributed by atoms with Crippen molar-refractivity contribution in [3.63, 3.8) is 0 Å². The molecule has 0 amide bonds. The molecule has 0 N–H and O–H groups in total. The van der Waals surface area contributed by atoms with E-state index < -0.39 is 17.9 Å². The number of rotatable bonds is 11. The molecule has 0 fully saturated rings. The van der Waals surface area contributed by atoms with Crippen LogP contribution in [-0.2, 0) is 30.4 Å². The van der Waals surface area contributed by atoms with Crippen LogP contribution in [0, 0.1) is 5.92 Å². The summed E-state index contributed by atoms with van der Waals surface area (Å²) < 4.78 is 14.9. The van der Waals surface area contributed by atoms with Crippen LogP contribution < -0.4 is 0 Å². The molecule has 1 rings (SSSR count). The lowest BCUT2D eigenvalue weighted by Crippen LogP contribution is -2.26. The van der Waals surface area contributed by atoms with Crippen molar-refractivity contribution in [2.45, 2.75) is 38.7 Å². The van der Waals surface area contributed by atoms with Crippen LogP contribution >= 0.6 is 0 Å². The summed E-state index contributed by atoms with van der Waals surface area (Å²) in [6, 6.07) is 10.1. The third-order valence-electron chi connectivity index (χ3n) is 3.61. The molecule has 1 aromatic rings. The fourth-order valence-electron chi connectivity index (χ4n) is 2.29. The lowest BCUT2D eigenvalue weighted by molar-refractivity contribution is -0.159. The van der Waals surface area contributed by atoms with Gasteiger partial charge in [0.1, 0.15) is 0 Å². The summed E-state index contributed by atoms with van der Waals surface area (Å²) >= 11 is 0. The summed E-state index contributed by atoms with van der Waals surface area (Å²) in [6.07, 6.45) is 4.16. The normalized spacial score (nSPS) is 10.6. The Kier molecular flexibility index (Phi) is 9.71. The molecule has 23 heavy (non-hydrogen) atoms. The smallest absolute Gasteiger partial charge is 0.320 e. The van der Waals surface area contributed by atoms with Gasteiger partial charge in [-0.2, -0.15) is 0 Å². The number of carbonyl (C=O) groups is 2. The molecule has 5 heteroatoms. The number of ether oxygens (including phenoxy) is 3. The second kappa shape index (κ2) is 11.7. The Morgan fingerprint density at radius 1 is 0.913 bits per heavy atom. The second-order valence-electron chi connectivity index (χ2n) is 5.34. The molecule has 0 spiro atoms. The van der Waals surface area contributed by atoms with Crippen LogP contribution in [0.4, 0.5) is 0 Å². The van der Waals surface area contributed by atoms with E-state index in [0.717, 1.165) is 25.7 Å². The quantitative estimate of drug-likeness (QED) is 0.356. The van der Waals surface area contributed by atoms with Gasteiger partial charge in [-0.3, -0.25) is 9.59 Å². The van der Waals surface area contributed by atoms with E-state index in [1.807, 2.05) is 30.3 Å². The highest BCUT2D eigenvalue weighted by Crippen LogP contribution is 2.14. The van der Waals surface area contributed by atoms with Crippen LogP contribution in [0.25, 0.3) is 0 Å². The molecule has 0 unspecified atom stereocenters. The average Bonchev–Trinajstić information content (AvgIpc) is 2.60. The Morgan fingerprint density at radius 2 is 1.52 bits per heavy atom. The van der Waals surface area contributed by atoms with Crippen LogP contribution in [0.5, 0.6) is 0 Å². The van der Waals surface area contributed by atoms with E-state index in [2.05, 4.69) is 9.47 Å². The Balaban J connectivity index is 2.07. The van der Waals surface area contributed by atoms with Gasteiger partial charge in [-0.15, -0.1) is 0 Å². The SMILES string of the molecule is COC(=O)C(CCCCCCOCc1ccccc1)C(=O)OC. The van der Waals surface area contributed by atoms with E-state index in [4.69, 9.17) is 4.74 Å². The number of esters is 2. The van der Waals surface area contributed by atoms with E-state index in [9.17, 15) is 9.59 Å². The van der Waals surface area contributed by atoms with E-state index in [0.29, 0.717) is 19.6 Å². The predicted octanol–water partition coefficient (Wildman–Crippen LogP) is 3.12. The minimum Gasteiger partial charge on any atom is -0.468 e. The van der Waals surface area contributed by atoms with Crippen LogP contribution in [0.3, 0.4) is 0 Å². The van der Waals surface area contributed by atoms with Gasteiger partial charge in [-0.25, -0.2) is 0 Å². The molecule has 0 saturated carbocycles. The monoisotopic (exact) mass is 322 g/mol. The molecule has 0 atom stereocenters. The average molecular weight is 322 g/mol. The molecule has 0 aliphatic heterocycles. The second-order valence-corrected chi connectivity index (χ2v) is 5.34. The zero-order valence-corrected chi connectivity index (χ0v) is 14.0.